The Hall–Kier alpha value is -3.06. The lowest BCUT2D eigenvalue weighted by Crippen LogP contribution is -2.26. The molecule has 1 aromatic heterocycles. The van der Waals surface area contributed by atoms with E-state index in [1.54, 1.807) is 0 Å². The van der Waals surface area contributed by atoms with Crippen molar-refractivity contribution in [1.29, 1.82) is 0 Å². The smallest absolute Gasteiger partial charge is 0.251 e. The molecule has 0 saturated heterocycles. The van der Waals surface area contributed by atoms with Gasteiger partial charge in [-0.05, 0) is 49.6 Å². The summed E-state index contributed by atoms with van der Waals surface area (Å²) in [5, 5.41) is 3.00. The van der Waals surface area contributed by atoms with Crippen molar-refractivity contribution in [3.05, 3.63) is 81.8 Å². The number of rotatable bonds is 8. The number of aromatic nitrogens is 2. The van der Waals surface area contributed by atoms with Crippen molar-refractivity contribution in [1.82, 2.24) is 9.97 Å². The number of benzene rings is 2. The predicted octanol–water partition coefficient (Wildman–Crippen LogP) is 4.48. The number of hydrogen-bond acceptors (Lipinski definition) is 5. The Labute approximate surface area is 180 Å². The maximum Gasteiger partial charge on any atom is 0.251 e. The van der Waals surface area contributed by atoms with Crippen molar-refractivity contribution < 1.29 is 9.53 Å². The number of para-hydroxylation sites is 1. The number of H-pyrrole nitrogens is 1. The second-order valence-electron chi connectivity index (χ2n) is 6.90. The van der Waals surface area contributed by atoms with Gasteiger partial charge in [0, 0.05) is 11.8 Å². The molecule has 6 nitrogen and oxygen atoms in total. The van der Waals surface area contributed by atoms with Crippen LogP contribution in [0.15, 0.2) is 64.5 Å². The number of carbonyl (C=O) groups is 1. The fourth-order valence-corrected chi connectivity index (χ4v) is 3.78. The van der Waals surface area contributed by atoms with Crippen molar-refractivity contribution >= 4 is 23.4 Å². The van der Waals surface area contributed by atoms with E-state index in [1.165, 1.54) is 17.8 Å². The second-order valence-corrected chi connectivity index (χ2v) is 8.09. The van der Waals surface area contributed by atoms with Gasteiger partial charge in [0.2, 0.25) is 5.91 Å². The fraction of sp³-hybridized carbons (Fsp3) is 0.261. The fourth-order valence-electron chi connectivity index (χ4n) is 2.84. The van der Waals surface area contributed by atoms with E-state index in [9.17, 15) is 9.59 Å². The van der Waals surface area contributed by atoms with E-state index in [4.69, 9.17) is 4.74 Å². The molecule has 0 spiro atoms. The molecule has 2 aromatic carbocycles. The van der Waals surface area contributed by atoms with Gasteiger partial charge in [-0.3, -0.25) is 9.59 Å². The van der Waals surface area contributed by atoms with E-state index in [-0.39, 0.29) is 18.1 Å². The third-order valence-corrected chi connectivity index (χ3v) is 5.93. The summed E-state index contributed by atoms with van der Waals surface area (Å²) in [5.74, 6) is 0.581. The second kappa shape index (κ2) is 10.1. The minimum absolute atomic E-state index is 0.121. The zero-order valence-electron chi connectivity index (χ0n) is 17.3. The Balaban J connectivity index is 1.70. The van der Waals surface area contributed by atoms with Crippen LogP contribution in [0.3, 0.4) is 0 Å². The van der Waals surface area contributed by atoms with Crippen LogP contribution >= 0.6 is 11.8 Å². The molecule has 7 heteroatoms. The van der Waals surface area contributed by atoms with Crippen LogP contribution in [0.1, 0.15) is 30.2 Å². The SMILES string of the molecule is CCC(Sc1nc(COc2ccccc2)cc(=O)[nH]1)C(=O)Nc1cccc(C)c1C. The van der Waals surface area contributed by atoms with Gasteiger partial charge in [-0.1, -0.05) is 49.0 Å². The summed E-state index contributed by atoms with van der Waals surface area (Å²) in [6.45, 7) is 6.09. The van der Waals surface area contributed by atoms with Crippen LogP contribution in [0.5, 0.6) is 5.75 Å². The molecule has 0 radical (unpaired) electrons. The predicted molar refractivity (Wildman–Crippen MR) is 120 cm³/mol. The van der Waals surface area contributed by atoms with Crippen LogP contribution in [0.4, 0.5) is 5.69 Å². The highest BCUT2D eigenvalue weighted by atomic mass is 32.2. The number of carbonyl (C=O) groups excluding carboxylic acids is 1. The average Bonchev–Trinajstić information content (AvgIpc) is 2.74. The first-order valence-corrected chi connectivity index (χ1v) is 10.7. The first-order valence-electron chi connectivity index (χ1n) is 9.78. The number of nitrogens with one attached hydrogen (secondary N) is 2. The normalized spacial score (nSPS) is 11.7. The molecule has 1 amide bonds. The minimum Gasteiger partial charge on any atom is -0.487 e. The van der Waals surface area contributed by atoms with Crippen LogP contribution in [0.25, 0.3) is 0 Å². The zero-order valence-corrected chi connectivity index (χ0v) is 18.1. The molecule has 3 rings (SSSR count). The molecule has 156 valence electrons. The molecular formula is C23H25N3O3S. The van der Waals surface area contributed by atoms with Crippen molar-refractivity contribution in [2.24, 2.45) is 0 Å². The van der Waals surface area contributed by atoms with Crippen LogP contribution < -0.4 is 15.6 Å². The van der Waals surface area contributed by atoms with Gasteiger partial charge >= 0.3 is 0 Å². The highest BCUT2D eigenvalue weighted by Gasteiger charge is 2.20. The van der Waals surface area contributed by atoms with Crippen LogP contribution in [0, 0.1) is 13.8 Å². The van der Waals surface area contributed by atoms with Crippen molar-refractivity contribution in [2.45, 2.75) is 44.2 Å². The minimum atomic E-state index is -0.390. The lowest BCUT2D eigenvalue weighted by atomic mass is 10.1. The number of hydrogen-bond donors (Lipinski definition) is 2. The van der Waals surface area contributed by atoms with E-state index in [0.717, 1.165) is 16.8 Å². The summed E-state index contributed by atoms with van der Waals surface area (Å²) < 4.78 is 5.68. The molecule has 30 heavy (non-hydrogen) atoms. The van der Waals surface area contributed by atoms with E-state index < -0.39 is 5.25 Å². The third-order valence-electron chi connectivity index (χ3n) is 4.68. The summed E-state index contributed by atoms with van der Waals surface area (Å²) in [6.07, 6.45) is 0.593. The quantitative estimate of drug-likeness (QED) is 0.412. The van der Waals surface area contributed by atoms with Gasteiger partial charge in [0.15, 0.2) is 5.16 Å². The maximum atomic E-state index is 12.8. The molecule has 3 aromatic rings. The molecule has 2 N–H and O–H groups in total. The molecule has 1 atom stereocenters. The van der Waals surface area contributed by atoms with Crippen molar-refractivity contribution in [3.63, 3.8) is 0 Å². The molecule has 0 saturated carbocycles. The van der Waals surface area contributed by atoms with E-state index >= 15 is 0 Å². The summed E-state index contributed by atoms with van der Waals surface area (Å²) in [4.78, 5) is 32.1. The third kappa shape index (κ3) is 5.73. The Bertz CT molecular complexity index is 1070. The van der Waals surface area contributed by atoms with E-state index in [2.05, 4.69) is 15.3 Å². The molecule has 1 heterocycles. The molecule has 0 aliphatic heterocycles. The van der Waals surface area contributed by atoms with Crippen LogP contribution in [-0.2, 0) is 11.4 Å². The Kier molecular flexibility index (Phi) is 7.30. The Morgan fingerprint density at radius 1 is 1.17 bits per heavy atom. The van der Waals surface area contributed by atoms with Gasteiger partial charge in [-0.2, -0.15) is 0 Å². The zero-order chi connectivity index (χ0) is 21.5. The molecular weight excluding hydrogens is 398 g/mol. The van der Waals surface area contributed by atoms with Crippen molar-refractivity contribution in [2.75, 3.05) is 5.32 Å². The van der Waals surface area contributed by atoms with Gasteiger partial charge in [0.1, 0.15) is 12.4 Å². The average molecular weight is 424 g/mol. The van der Waals surface area contributed by atoms with Crippen molar-refractivity contribution in [3.8, 4) is 5.75 Å². The monoisotopic (exact) mass is 423 g/mol. The molecule has 1 unspecified atom stereocenters. The van der Waals surface area contributed by atoms with Gasteiger partial charge in [0.25, 0.3) is 5.56 Å². The molecule has 0 aliphatic carbocycles. The largest absolute Gasteiger partial charge is 0.487 e. The standard InChI is InChI=1S/C23H25N3O3S/c1-4-20(22(28)25-19-12-8-9-15(2)16(19)3)30-23-24-17(13-21(27)26-23)14-29-18-10-6-5-7-11-18/h5-13,20H,4,14H2,1-3H3,(H,25,28)(H,24,26,27). The van der Waals surface area contributed by atoms with Crippen LogP contribution in [0.2, 0.25) is 0 Å². The van der Waals surface area contributed by atoms with Gasteiger partial charge < -0.3 is 15.0 Å². The highest BCUT2D eigenvalue weighted by molar-refractivity contribution is 8.00. The molecule has 0 bridgehead atoms. The summed E-state index contributed by atoms with van der Waals surface area (Å²) in [5.41, 5.74) is 3.19. The number of ether oxygens (including phenoxy) is 1. The molecule has 0 aliphatic rings. The van der Waals surface area contributed by atoms with Gasteiger partial charge in [-0.25, -0.2) is 4.98 Å². The topological polar surface area (TPSA) is 84.1 Å². The van der Waals surface area contributed by atoms with Gasteiger partial charge in [0.05, 0.1) is 10.9 Å². The van der Waals surface area contributed by atoms with E-state index in [0.29, 0.717) is 23.0 Å². The van der Waals surface area contributed by atoms with Crippen LogP contribution in [-0.4, -0.2) is 21.1 Å². The number of aryl methyl sites for hydroxylation is 1. The number of amides is 1. The first kappa shape index (κ1) is 21.6. The lowest BCUT2D eigenvalue weighted by molar-refractivity contribution is -0.115. The first-order chi connectivity index (χ1) is 14.5. The van der Waals surface area contributed by atoms with Gasteiger partial charge in [-0.15, -0.1) is 0 Å². The lowest BCUT2D eigenvalue weighted by Gasteiger charge is -2.16. The number of anilines is 1. The van der Waals surface area contributed by atoms with E-state index in [1.807, 2.05) is 69.3 Å². The number of aromatic amines is 1. The number of thioether (sulfide) groups is 1. The summed E-state index contributed by atoms with van der Waals surface area (Å²) in [7, 11) is 0. The highest BCUT2D eigenvalue weighted by Crippen LogP contribution is 2.25. The number of nitrogens with zero attached hydrogens (tertiary/aromatic N) is 1. The maximum absolute atomic E-state index is 12.8. The Morgan fingerprint density at radius 3 is 2.67 bits per heavy atom. The Morgan fingerprint density at radius 2 is 1.93 bits per heavy atom. The summed E-state index contributed by atoms with van der Waals surface area (Å²) in [6, 6.07) is 16.6. The molecule has 0 fully saturated rings. The summed E-state index contributed by atoms with van der Waals surface area (Å²) >= 11 is 1.24.